The van der Waals surface area contributed by atoms with E-state index < -0.39 is 0 Å². The van der Waals surface area contributed by atoms with Crippen molar-refractivity contribution in [3.8, 4) is 11.3 Å². The number of fused-ring (bicyclic) bond motifs is 1. The molecule has 1 aliphatic rings. The molecule has 3 aromatic rings. The number of benzene rings is 1. The lowest BCUT2D eigenvalue weighted by Gasteiger charge is -2.26. The topological polar surface area (TPSA) is 56.1 Å². The van der Waals surface area contributed by atoms with Gasteiger partial charge in [-0.15, -0.1) is 0 Å². The Balaban J connectivity index is 1.71. The fourth-order valence-electron chi connectivity index (χ4n) is 2.69. The van der Waals surface area contributed by atoms with Crippen LogP contribution in [0.1, 0.15) is 0 Å². The van der Waals surface area contributed by atoms with Crippen molar-refractivity contribution >= 4 is 16.9 Å². The Morgan fingerprint density at radius 3 is 2.95 bits per heavy atom. The van der Waals surface area contributed by atoms with Crippen LogP contribution in [0.3, 0.4) is 0 Å². The van der Waals surface area contributed by atoms with Gasteiger partial charge >= 0.3 is 0 Å². The van der Waals surface area contributed by atoms with Gasteiger partial charge in [0.1, 0.15) is 0 Å². The van der Waals surface area contributed by atoms with Crippen LogP contribution in [0.4, 0.5) is 5.95 Å². The number of hydrogen-bond donors (Lipinski definition) is 0. The molecule has 4 rings (SSSR count). The predicted molar refractivity (Wildman–Crippen MR) is 83.6 cm³/mol. The van der Waals surface area contributed by atoms with Gasteiger partial charge in [-0.1, -0.05) is 6.07 Å². The van der Waals surface area contributed by atoms with E-state index in [1.807, 2.05) is 24.0 Å². The van der Waals surface area contributed by atoms with Crippen molar-refractivity contribution in [1.29, 1.82) is 0 Å². The van der Waals surface area contributed by atoms with Gasteiger partial charge in [0.15, 0.2) is 0 Å². The maximum Gasteiger partial charge on any atom is 0.226 e. The minimum Gasteiger partial charge on any atom is -0.378 e. The molecule has 0 N–H and O–H groups in total. The average Bonchev–Trinajstić information content (AvgIpc) is 2.96. The lowest BCUT2D eigenvalue weighted by atomic mass is 10.1. The van der Waals surface area contributed by atoms with Crippen LogP contribution in [0.15, 0.2) is 30.5 Å². The molecule has 0 unspecified atom stereocenters. The normalized spacial score (nSPS) is 15.4. The van der Waals surface area contributed by atoms with Crippen molar-refractivity contribution in [1.82, 2.24) is 19.7 Å². The van der Waals surface area contributed by atoms with Crippen molar-refractivity contribution in [2.45, 2.75) is 0 Å². The van der Waals surface area contributed by atoms with E-state index in [0.29, 0.717) is 5.95 Å². The van der Waals surface area contributed by atoms with Crippen LogP contribution in [0, 0.1) is 6.20 Å². The SMILES string of the molecule is Cn1ncc2cc(-c3c[c]nc(N4CCOCC4)n3)ccc21. The van der Waals surface area contributed by atoms with E-state index >= 15 is 0 Å². The quantitative estimate of drug-likeness (QED) is 0.719. The van der Waals surface area contributed by atoms with Crippen LogP contribution in [-0.4, -0.2) is 46.1 Å². The summed E-state index contributed by atoms with van der Waals surface area (Å²) < 4.78 is 7.24. The first-order chi connectivity index (χ1) is 10.8. The summed E-state index contributed by atoms with van der Waals surface area (Å²) >= 11 is 0. The highest BCUT2D eigenvalue weighted by atomic mass is 16.5. The number of nitrogens with zero attached hydrogens (tertiary/aromatic N) is 5. The Hall–Kier alpha value is -2.47. The number of ether oxygens (including phenoxy) is 1. The fourth-order valence-corrected chi connectivity index (χ4v) is 2.69. The van der Waals surface area contributed by atoms with Crippen molar-refractivity contribution in [3.63, 3.8) is 0 Å². The van der Waals surface area contributed by atoms with Gasteiger partial charge < -0.3 is 9.64 Å². The second-order valence-electron chi connectivity index (χ2n) is 5.32. The number of aryl methyl sites for hydroxylation is 1. The molecule has 1 aromatic carbocycles. The Morgan fingerprint density at radius 1 is 1.23 bits per heavy atom. The summed E-state index contributed by atoms with van der Waals surface area (Å²) in [6, 6.07) is 8.04. The van der Waals surface area contributed by atoms with Gasteiger partial charge in [-0.2, -0.15) is 5.10 Å². The third kappa shape index (κ3) is 2.31. The zero-order valence-electron chi connectivity index (χ0n) is 12.4. The first-order valence-electron chi connectivity index (χ1n) is 7.31. The van der Waals surface area contributed by atoms with E-state index in [4.69, 9.17) is 4.74 Å². The Bertz CT molecular complexity index is 807. The van der Waals surface area contributed by atoms with Crippen LogP contribution in [-0.2, 0) is 11.8 Å². The molecule has 1 fully saturated rings. The second kappa shape index (κ2) is 5.38. The van der Waals surface area contributed by atoms with E-state index in [0.717, 1.165) is 48.5 Å². The van der Waals surface area contributed by atoms with Crippen LogP contribution < -0.4 is 4.90 Å². The number of morpholine rings is 1. The first-order valence-corrected chi connectivity index (χ1v) is 7.31. The minimum atomic E-state index is 0.715. The van der Waals surface area contributed by atoms with Crippen molar-refractivity contribution < 1.29 is 4.74 Å². The third-order valence-electron chi connectivity index (χ3n) is 3.92. The third-order valence-corrected chi connectivity index (χ3v) is 3.92. The van der Waals surface area contributed by atoms with Gasteiger partial charge in [0.2, 0.25) is 5.95 Å². The molecule has 0 spiro atoms. The Morgan fingerprint density at radius 2 is 2.09 bits per heavy atom. The van der Waals surface area contributed by atoms with Crippen LogP contribution in [0.2, 0.25) is 0 Å². The summed E-state index contributed by atoms with van der Waals surface area (Å²) in [7, 11) is 1.94. The Kier molecular flexibility index (Phi) is 3.23. The van der Waals surface area contributed by atoms with Crippen molar-refractivity contribution in [2.24, 2.45) is 7.05 Å². The van der Waals surface area contributed by atoms with Crippen LogP contribution in [0.5, 0.6) is 0 Å². The molecule has 2 aromatic heterocycles. The molecule has 6 nitrogen and oxygen atoms in total. The highest BCUT2D eigenvalue weighted by Gasteiger charge is 2.14. The van der Waals surface area contributed by atoms with Crippen molar-refractivity contribution in [3.05, 3.63) is 36.7 Å². The monoisotopic (exact) mass is 294 g/mol. The molecule has 0 saturated carbocycles. The van der Waals surface area contributed by atoms with E-state index in [1.54, 1.807) is 0 Å². The summed E-state index contributed by atoms with van der Waals surface area (Å²) in [4.78, 5) is 11.1. The van der Waals surface area contributed by atoms with E-state index in [2.05, 4.69) is 44.4 Å². The van der Waals surface area contributed by atoms with Gasteiger partial charge in [-0.3, -0.25) is 4.68 Å². The summed E-state index contributed by atoms with van der Waals surface area (Å²) in [6.45, 7) is 3.07. The number of hydrogen-bond acceptors (Lipinski definition) is 5. The fraction of sp³-hybridized carbons (Fsp3) is 0.312. The second-order valence-corrected chi connectivity index (χ2v) is 5.32. The standard InChI is InChI=1S/C16H16N5O/c1-20-15-3-2-12(10-13(15)11-18-20)14-4-5-17-16(19-14)21-6-8-22-9-7-21/h2-4,10-11H,6-9H2,1H3. The average molecular weight is 294 g/mol. The maximum atomic E-state index is 5.37. The molecule has 0 amide bonds. The molecule has 111 valence electrons. The molecule has 0 bridgehead atoms. The van der Waals surface area contributed by atoms with Crippen LogP contribution >= 0.6 is 0 Å². The Labute approximate surface area is 128 Å². The smallest absolute Gasteiger partial charge is 0.226 e. The molecule has 1 aliphatic heterocycles. The summed E-state index contributed by atoms with van der Waals surface area (Å²) in [5, 5.41) is 5.38. The summed E-state index contributed by atoms with van der Waals surface area (Å²) in [6.07, 6.45) is 4.83. The molecule has 1 radical (unpaired) electrons. The predicted octanol–water partition coefficient (Wildman–Crippen LogP) is 1.67. The zero-order valence-corrected chi connectivity index (χ0v) is 12.4. The van der Waals surface area contributed by atoms with Gasteiger partial charge in [0, 0.05) is 31.1 Å². The van der Waals surface area contributed by atoms with Gasteiger partial charge in [-0.05, 0) is 18.2 Å². The van der Waals surface area contributed by atoms with E-state index in [-0.39, 0.29) is 0 Å². The molecule has 22 heavy (non-hydrogen) atoms. The van der Waals surface area contributed by atoms with Crippen LogP contribution in [0.25, 0.3) is 22.2 Å². The first kappa shape index (κ1) is 13.2. The molecule has 1 saturated heterocycles. The minimum absolute atomic E-state index is 0.715. The number of rotatable bonds is 2. The molecule has 3 heterocycles. The largest absolute Gasteiger partial charge is 0.378 e. The summed E-state index contributed by atoms with van der Waals surface area (Å²) in [5.74, 6) is 0.715. The molecule has 0 atom stereocenters. The van der Waals surface area contributed by atoms with Gasteiger partial charge in [-0.25, -0.2) is 9.97 Å². The van der Waals surface area contributed by atoms with Gasteiger partial charge in [0.25, 0.3) is 0 Å². The lowest BCUT2D eigenvalue weighted by Crippen LogP contribution is -2.37. The van der Waals surface area contributed by atoms with E-state index in [1.165, 1.54) is 0 Å². The number of anilines is 1. The molecular formula is C16H16N5O. The van der Waals surface area contributed by atoms with E-state index in [9.17, 15) is 0 Å². The summed E-state index contributed by atoms with van der Waals surface area (Å²) in [5.41, 5.74) is 3.03. The lowest BCUT2D eigenvalue weighted by molar-refractivity contribution is 0.122. The number of aromatic nitrogens is 4. The molecule has 6 heteroatoms. The highest BCUT2D eigenvalue weighted by Crippen LogP contribution is 2.23. The highest BCUT2D eigenvalue weighted by molar-refractivity contribution is 5.83. The van der Waals surface area contributed by atoms with Crippen molar-refractivity contribution in [2.75, 3.05) is 31.2 Å². The molecule has 0 aliphatic carbocycles. The zero-order chi connectivity index (χ0) is 14.9. The maximum absolute atomic E-state index is 5.37. The van der Waals surface area contributed by atoms with Gasteiger partial charge in [0.05, 0.1) is 36.8 Å². The molecular weight excluding hydrogens is 278 g/mol.